The predicted octanol–water partition coefficient (Wildman–Crippen LogP) is 2.12. The van der Waals surface area contributed by atoms with Crippen LogP contribution in [0.1, 0.15) is 24.8 Å². The number of nitrogens with zero attached hydrogens (tertiary/aromatic N) is 2. The molecule has 1 N–H and O–H groups in total. The molecule has 1 aliphatic rings. The Morgan fingerprint density at radius 1 is 1.24 bits per heavy atom. The standard InChI is InChI=1S/C17H28N2O2/c1-18(2)17-7-4-3-6-15(17)14-19-10-8-16(9-11-19)21-13-5-12-20/h3-4,6-7,16,20H,5,8-14H2,1-2H3. The Hall–Kier alpha value is -1.10. The van der Waals surface area contributed by atoms with Crippen molar-refractivity contribution >= 4 is 5.69 Å². The van der Waals surface area contributed by atoms with Gasteiger partial charge in [0.1, 0.15) is 0 Å². The molecule has 118 valence electrons. The molecule has 0 saturated carbocycles. The summed E-state index contributed by atoms with van der Waals surface area (Å²) in [6.07, 6.45) is 3.30. The molecule has 0 amide bonds. The van der Waals surface area contributed by atoms with E-state index in [4.69, 9.17) is 9.84 Å². The number of benzene rings is 1. The predicted molar refractivity (Wildman–Crippen MR) is 86.7 cm³/mol. The summed E-state index contributed by atoms with van der Waals surface area (Å²) in [4.78, 5) is 4.69. The topological polar surface area (TPSA) is 35.9 Å². The van der Waals surface area contributed by atoms with E-state index in [1.165, 1.54) is 11.3 Å². The zero-order valence-electron chi connectivity index (χ0n) is 13.3. The van der Waals surface area contributed by atoms with Crippen LogP contribution in [0.2, 0.25) is 0 Å². The lowest BCUT2D eigenvalue weighted by Gasteiger charge is -2.32. The fourth-order valence-electron chi connectivity index (χ4n) is 2.87. The van der Waals surface area contributed by atoms with E-state index >= 15 is 0 Å². The highest BCUT2D eigenvalue weighted by molar-refractivity contribution is 5.52. The fourth-order valence-corrected chi connectivity index (χ4v) is 2.87. The highest BCUT2D eigenvalue weighted by atomic mass is 16.5. The first kappa shape index (κ1) is 16.3. The smallest absolute Gasteiger partial charge is 0.0599 e. The van der Waals surface area contributed by atoms with Crippen LogP contribution >= 0.6 is 0 Å². The van der Waals surface area contributed by atoms with Gasteiger partial charge in [0.05, 0.1) is 6.10 Å². The Morgan fingerprint density at radius 3 is 2.62 bits per heavy atom. The molecule has 0 bridgehead atoms. The van der Waals surface area contributed by atoms with Gasteiger partial charge < -0.3 is 14.7 Å². The fraction of sp³-hybridized carbons (Fsp3) is 0.647. The summed E-state index contributed by atoms with van der Waals surface area (Å²) in [5.74, 6) is 0. The minimum Gasteiger partial charge on any atom is -0.396 e. The number of para-hydroxylation sites is 1. The molecule has 0 aromatic heterocycles. The van der Waals surface area contributed by atoms with Crippen molar-refractivity contribution in [1.29, 1.82) is 0 Å². The van der Waals surface area contributed by atoms with Gasteiger partial charge in [0.2, 0.25) is 0 Å². The lowest BCUT2D eigenvalue weighted by molar-refractivity contribution is 0.000811. The third kappa shape index (κ3) is 4.99. The SMILES string of the molecule is CN(C)c1ccccc1CN1CCC(OCCCO)CC1. The number of likely N-dealkylation sites (tertiary alicyclic amines) is 1. The lowest BCUT2D eigenvalue weighted by Crippen LogP contribution is -2.37. The minimum atomic E-state index is 0.222. The molecular weight excluding hydrogens is 264 g/mol. The van der Waals surface area contributed by atoms with Gasteiger partial charge in [-0.25, -0.2) is 0 Å². The molecule has 1 aromatic carbocycles. The Morgan fingerprint density at radius 2 is 1.95 bits per heavy atom. The number of ether oxygens (including phenoxy) is 1. The molecule has 1 fully saturated rings. The van der Waals surface area contributed by atoms with Crippen LogP contribution in [0.5, 0.6) is 0 Å². The largest absolute Gasteiger partial charge is 0.396 e. The molecule has 0 spiro atoms. The van der Waals surface area contributed by atoms with Crippen LogP contribution in [0.15, 0.2) is 24.3 Å². The van der Waals surface area contributed by atoms with E-state index in [9.17, 15) is 0 Å². The summed E-state index contributed by atoms with van der Waals surface area (Å²) in [6, 6.07) is 8.62. The van der Waals surface area contributed by atoms with Crippen molar-refractivity contribution in [1.82, 2.24) is 4.90 Å². The third-order valence-electron chi connectivity index (χ3n) is 4.06. The number of anilines is 1. The summed E-state index contributed by atoms with van der Waals surface area (Å²) in [5.41, 5.74) is 2.70. The Kier molecular flexibility index (Phi) is 6.49. The first-order valence-electron chi connectivity index (χ1n) is 7.90. The van der Waals surface area contributed by atoms with Crippen LogP contribution in [0.4, 0.5) is 5.69 Å². The second-order valence-corrected chi connectivity index (χ2v) is 5.95. The number of rotatable bonds is 7. The van der Waals surface area contributed by atoms with Crippen LogP contribution in [0.3, 0.4) is 0 Å². The van der Waals surface area contributed by atoms with Crippen LogP contribution < -0.4 is 4.90 Å². The summed E-state index contributed by atoms with van der Waals surface area (Å²) >= 11 is 0. The number of hydrogen-bond donors (Lipinski definition) is 1. The zero-order chi connectivity index (χ0) is 15.1. The van der Waals surface area contributed by atoms with Crippen LogP contribution in [-0.2, 0) is 11.3 Å². The van der Waals surface area contributed by atoms with Crippen molar-refractivity contribution in [3.05, 3.63) is 29.8 Å². The van der Waals surface area contributed by atoms with E-state index in [1.54, 1.807) is 0 Å². The zero-order valence-corrected chi connectivity index (χ0v) is 13.3. The lowest BCUT2D eigenvalue weighted by atomic mass is 10.1. The summed E-state index contributed by atoms with van der Waals surface area (Å²) < 4.78 is 5.79. The number of hydrogen-bond acceptors (Lipinski definition) is 4. The maximum absolute atomic E-state index is 8.78. The molecule has 4 heteroatoms. The van der Waals surface area contributed by atoms with E-state index in [2.05, 4.69) is 48.2 Å². The van der Waals surface area contributed by atoms with Gasteiger partial charge in [0.25, 0.3) is 0 Å². The van der Waals surface area contributed by atoms with Gasteiger partial charge in [-0.1, -0.05) is 18.2 Å². The first-order chi connectivity index (χ1) is 10.2. The van der Waals surface area contributed by atoms with Crippen molar-refractivity contribution in [2.45, 2.75) is 31.9 Å². The quantitative estimate of drug-likeness (QED) is 0.781. The number of aliphatic hydroxyl groups is 1. The first-order valence-corrected chi connectivity index (χ1v) is 7.90. The molecule has 1 aliphatic heterocycles. The van der Waals surface area contributed by atoms with Crippen molar-refractivity contribution in [3.63, 3.8) is 0 Å². The molecule has 0 radical (unpaired) electrons. The van der Waals surface area contributed by atoms with E-state index in [0.717, 1.165) is 38.9 Å². The molecule has 1 aromatic rings. The second kappa shape index (κ2) is 8.37. The highest BCUT2D eigenvalue weighted by Crippen LogP contribution is 2.22. The van der Waals surface area contributed by atoms with Crippen molar-refractivity contribution < 1.29 is 9.84 Å². The van der Waals surface area contributed by atoms with Crippen LogP contribution in [0.25, 0.3) is 0 Å². The average molecular weight is 292 g/mol. The summed E-state index contributed by atoms with van der Waals surface area (Å²) in [7, 11) is 4.19. The van der Waals surface area contributed by atoms with Gasteiger partial charge in [-0.2, -0.15) is 0 Å². The number of aliphatic hydroxyl groups excluding tert-OH is 1. The highest BCUT2D eigenvalue weighted by Gasteiger charge is 2.20. The molecular formula is C17H28N2O2. The Bertz CT molecular complexity index is 415. The Balaban J connectivity index is 1.81. The average Bonchev–Trinajstić information content (AvgIpc) is 2.50. The molecule has 1 heterocycles. The number of piperidine rings is 1. The van der Waals surface area contributed by atoms with E-state index in [-0.39, 0.29) is 6.61 Å². The van der Waals surface area contributed by atoms with Crippen molar-refractivity contribution in [2.24, 2.45) is 0 Å². The van der Waals surface area contributed by atoms with Gasteiger partial charge in [0, 0.05) is 52.6 Å². The van der Waals surface area contributed by atoms with E-state index in [1.807, 2.05) is 0 Å². The third-order valence-corrected chi connectivity index (χ3v) is 4.06. The normalized spacial score (nSPS) is 17.1. The van der Waals surface area contributed by atoms with Crippen LogP contribution in [0, 0.1) is 0 Å². The molecule has 0 atom stereocenters. The molecule has 0 unspecified atom stereocenters. The maximum Gasteiger partial charge on any atom is 0.0599 e. The van der Waals surface area contributed by atoms with Crippen LogP contribution in [-0.4, -0.2) is 56.5 Å². The Labute approximate surface area is 128 Å². The van der Waals surface area contributed by atoms with Gasteiger partial charge in [-0.3, -0.25) is 4.90 Å². The second-order valence-electron chi connectivity index (χ2n) is 5.95. The monoisotopic (exact) mass is 292 g/mol. The molecule has 4 nitrogen and oxygen atoms in total. The molecule has 2 rings (SSSR count). The molecule has 21 heavy (non-hydrogen) atoms. The van der Waals surface area contributed by atoms with E-state index in [0.29, 0.717) is 12.7 Å². The van der Waals surface area contributed by atoms with Crippen molar-refractivity contribution in [2.75, 3.05) is 45.3 Å². The summed E-state index contributed by atoms with van der Waals surface area (Å²) in [5, 5.41) is 8.78. The van der Waals surface area contributed by atoms with Gasteiger partial charge in [-0.15, -0.1) is 0 Å². The van der Waals surface area contributed by atoms with Gasteiger partial charge >= 0.3 is 0 Å². The summed E-state index contributed by atoms with van der Waals surface area (Å²) in [6.45, 7) is 4.10. The van der Waals surface area contributed by atoms with Gasteiger partial charge in [0.15, 0.2) is 0 Å². The molecule has 0 aliphatic carbocycles. The van der Waals surface area contributed by atoms with Gasteiger partial charge in [-0.05, 0) is 30.9 Å². The molecule has 1 saturated heterocycles. The van der Waals surface area contributed by atoms with Crippen molar-refractivity contribution in [3.8, 4) is 0 Å². The maximum atomic E-state index is 8.78. The van der Waals surface area contributed by atoms with E-state index < -0.39 is 0 Å². The minimum absolute atomic E-state index is 0.222.